The molecule has 0 radical (unpaired) electrons. The normalized spacial score (nSPS) is 11.6. The van der Waals surface area contributed by atoms with Crippen LogP contribution in [0.5, 0.6) is 0 Å². The van der Waals surface area contributed by atoms with Crippen LogP contribution in [0.25, 0.3) is 76.5 Å². The maximum Gasteiger partial charge on any atom is -0.00135 e. The molecule has 11 aromatic rings. The van der Waals surface area contributed by atoms with Gasteiger partial charge in [-0.2, -0.15) is 0 Å². The second-order valence-electron chi connectivity index (χ2n) is 17.7. The van der Waals surface area contributed by atoms with Crippen molar-refractivity contribution in [3.63, 3.8) is 0 Å². The molecule has 0 aromatic heterocycles. The van der Waals surface area contributed by atoms with Crippen LogP contribution in [-0.2, 0) is 25.7 Å². The molecule has 0 N–H and O–H groups in total. The van der Waals surface area contributed by atoms with Gasteiger partial charge in [0, 0.05) is 0 Å². The van der Waals surface area contributed by atoms with Gasteiger partial charge in [0.25, 0.3) is 0 Å². The van der Waals surface area contributed by atoms with Crippen molar-refractivity contribution >= 4 is 43.1 Å². The van der Waals surface area contributed by atoms with Gasteiger partial charge >= 0.3 is 0 Å². The van der Waals surface area contributed by atoms with Gasteiger partial charge in [-0.1, -0.05) is 238 Å². The summed E-state index contributed by atoms with van der Waals surface area (Å²) in [5, 5.41) is 11.1. The average molecular weight is 849 g/mol. The number of hydrogen-bond acceptors (Lipinski definition) is 0. The lowest BCUT2D eigenvalue weighted by Crippen LogP contribution is -1.92. The van der Waals surface area contributed by atoms with Crippen molar-refractivity contribution in [3.05, 3.63) is 263 Å². The molecule has 2 aliphatic rings. The van der Waals surface area contributed by atoms with Gasteiger partial charge < -0.3 is 0 Å². The van der Waals surface area contributed by atoms with Crippen LogP contribution in [0.3, 0.4) is 0 Å². The Morgan fingerprint density at radius 1 is 0.288 bits per heavy atom. The molecule has 11 aromatic carbocycles. The number of fused-ring (bicyclic) bond motifs is 10. The van der Waals surface area contributed by atoms with Gasteiger partial charge in [0.1, 0.15) is 0 Å². The van der Waals surface area contributed by atoms with E-state index in [4.69, 9.17) is 0 Å². The Balaban J connectivity index is 0.000000106. The zero-order chi connectivity index (χ0) is 45.0. The van der Waals surface area contributed by atoms with Crippen molar-refractivity contribution in [1.29, 1.82) is 0 Å². The maximum atomic E-state index is 2.26. The van der Waals surface area contributed by atoms with Gasteiger partial charge in [-0.05, 0) is 155 Å². The van der Waals surface area contributed by atoms with Gasteiger partial charge in [0.2, 0.25) is 0 Å². The average Bonchev–Trinajstić information content (AvgIpc) is 3.96. The Morgan fingerprint density at radius 2 is 0.561 bits per heavy atom. The first-order chi connectivity index (χ1) is 32.5. The summed E-state index contributed by atoms with van der Waals surface area (Å²) in [6.45, 7) is 8.85. The molecule has 0 nitrogen and oxygen atoms in total. The van der Waals surface area contributed by atoms with Crippen LogP contribution in [-0.4, -0.2) is 0 Å². The number of rotatable bonds is 3. The van der Waals surface area contributed by atoms with Crippen molar-refractivity contribution in [1.82, 2.24) is 0 Å². The first-order valence-corrected chi connectivity index (χ1v) is 23.7. The smallest absolute Gasteiger partial charge is 0.00135 e. The highest BCUT2D eigenvalue weighted by molar-refractivity contribution is 6.15. The van der Waals surface area contributed by atoms with Gasteiger partial charge in [-0.25, -0.2) is 0 Å². The second-order valence-corrected chi connectivity index (χ2v) is 17.7. The Kier molecular flexibility index (Phi) is 12.1. The first kappa shape index (κ1) is 42.4. The molecule has 320 valence electrons. The van der Waals surface area contributed by atoms with E-state index in [2.05, 4.69) is 246 Å². The van der Waals surface area contributed by atoms with Gasteiger partial charge in [0.15, 0.2) is 0 Å². The van der Waals surface area contributed by atoms with E-state index in [9.17, 15) is 0 Å². The lowest BCUT2D eigenvalue weighted by molar-refractivity contribution is 1.18. The third-order valence-electron chi connectivity index (χ3n) is 13.8. The van der Waals surface area contributed by atoms with Crippen LogP contribution < -0.4 is 0 Å². The molecule has 13 rings (SSSR count). The molecule has 0 aliphatic heterocycles. The Labute approximate surface area is 390 Å². The Bertz CT molecular complexity index is 3220. The fourth-order valence-corrected chi connectivity index (χ4v) is 10.6. The molecule has 0 heteroatoms. The van der Waals surface area contributed by atoms with E-state index in [0.717, 1.165) is 25.7 Å². The fourth-order valence-electron chi connectivity index (χ4n) is 10.6. The van der Waals surface area contributed by atoms with Crippen LogP contribution >= 0.6 is 0 Å². The predicted octanol–water partition coefficient (Wildman–Crippen LogP) is 17.9. The van der Waals surface area contributed by atoms with Crippen molar-refractivity contribution in [2.45, 2.75) is 53.4 Å². The van der Waals surface area contributed by atoms with Crippen LogP contribution in [0.4, 0.5) is 0 Å². The third kappa shape index (κ3) is 8.10. The van der Waals surface area contributed by atoms with E-state index < -0.39 is 0 Å². The van der Waals surface area contributed by atoms with Crippen molar-refractivity contribution in [3.8, 4) is 33.4 Å². The SMILES string of the molecule is CCc1c2ccccc2c(-c2ccc(C)cc2)c2ccccc12.CCc1c2ccccc2c(C)c2ccccc12.c1ccc2c(c1)Cc1ccccc1-2.c1ccc2c(c1)Cc1ccccc1-2. The summed E-state index contributed by atoms with van der Waals surface area (Å²) in [5.74, 6) is 0. The lowest BCUT2D eigenvalue weighted by atomic mass is 9.87. The van der Waals surface area contributed by atoms with Gasteiger partial charge in [0.05, 0.1) is 0 Å². The first-order valence-electron chi connectivity index (χ1n) is 23.7. The largest absolute Gasteiger partial charge is 0.0619 e. The molecule has 0 atom stereocenters. The van der Waals surface area contributed by atoms with Crippen LogP contribution in [0, 0.1) is 13.8 Å². The molecule has 0 heterocycles. The highest BCUT2D eigenvalue weighted by atomic mass is 14.2. The zero-order valence-corrected chi connectivity index (χ0v) is 38.6. The molecule has 0 spiro atoms. The van der Waals surface area contributed by atoms with E-state index in [1.807, 2.05) is 0 Å². The second kappa shape index (κ2) is 18.9. The molecule has 2 aliphatic carbocycles. The molecular formula is C66H56. The highest BCUT2D eigenvalue weighted by Crippen LogP contribution is 2.40. The van der Waals surface area contributed by atoms with Gasteiger partial charge in [-0.3, -0.25) is 0 Å². The van der Waals surface area contributed by atoms with Crippen LogP contribution in [0.1, 0.15) is 58.4 Å². The summed E-state index contributed by atoms with van der Waals surface area (Å²) in [7, 11) is 0. The Hall–Kier alpha value is -7.54. The van der Waals surface area contributed by atoms with Gasteiger partial charge in [-0.15, -0.1) is 0 Å². The summed E-state index contributed by atoms with van der Waals surface area (Å²) in [4.78, 5) is 0. The van der Waals surface area contributed by atoms with E-state index in [1.165, 1.54) is 121 Å². The monoisotopic (exact) mass is 848 g/mol. The van der Waals surface area contributed by atoms with Crippen molar-refractivity contribution < 1.29 is 0 Å². The van der Waals surface area contributed by atoms with Crippen LogP contribution in [0.15, 0.2) is 218 Å². The minimum Gasteiger partial charge on any atom is -0.0619 e. The summed E-state index contributed by atoms with van der Waals surface area (Å²) in [5.41, 5.74) is 19.8. The number of hydrogen-bond donors (Lipinski definition) is 0. The maximum absolute atomic E-state index is 2.26. The minimum absolute atomic E-state index is 1.05. The lowest BCUT2D eigenvalue weighted by Gasteiger charge is -2.16. The van der Waals surface area contributed by atoms with E-state index in [1.54, 1.807) is 0 Å². The molecule has 0 fully saturated rings. The molecule has 0 unspecified atom stereocenters. The summed E-state index contributed by atoms with van der Waals surface area (Å²) in [6, 6.07) is 78.6. The molecule has 0 saturated heterocycles. The summed E-state index contributed by atoms with van der Waals surface area (Å²) < 4.78 is 0. The third-order valence-corrected chi connectivity index (χ3v) is 13.8. The van der Waals surface area contributed by atoms with Crippen LogP contribution in [0.2, 0.25) is 0 Å². The number of benzene rings is 11. The molecule has 0 bridgehead atoms. The van der Waals surface area contributed by atoms with Crippen molar-refractivity contribution in [2.75, 3.05) is 0 Å². The summed E-state index contributed by atoms with van der Waals surface area (Å²) in [6.07, 6.45) is 4.34. The van der Waals surface area contributed by atoms with E-state index in [-0.39, 0.29) is 0 Å². The Morgan fingerprint density at radius 3 is 0.894 bits per heavy atom. The topological polar surface area (TPSA) is 0 Å². The molecule has 0 saturated carbocycles. The number of aryl methyl sites for hydroxylation is 4. The quantitative estimate of drug-likeness (QED) is 0.155. The highest BCUT2D eigenvalue weighted by Gasteiger charge is 2.18. The fraction of sp³-hybridized carbons (Fsp3) is 0.121. The molecular weight excluding hydrogens is 793 g/mol. The molecule has 66 heavy (non-hydrogen) atoms. The summed E-state index contributed by atoms with van der Waals surface area (Å²) >= 11 is 0. The van der Waals surface area contributed by atoms with E-state index >= 15 is 0 Å². The predicted molar refractivity (Wildman–Crippen MR) is 286 cm³/mol. The van der Waals surface area contributed by atoms with E-state index in [0.29, 0.717) is 0 Å². The zero-order valence-electron chi connectivity index (χ0n) is 38.6. The van der Waals surface area contributed by atoms with Crippen molar-refractivity contribution in [2.24, 2.45) is 0 Å². The minimum atomic E-state index is 1.05. The molecule has 0 amide bonds. The standard InChI is InChI=1S/C23H20.C17H16.2C13H10/c1-3-18-19-8-4-6-10-21(19)23(17-14-12-16(2)13-15-17)22-11-7-5-9-20(18)22;1-3-13-16-10-6-4-8-14(16)12(2)15-9-5-7-11-17(13)15;2*1-3-7-12-10(5-1)9-11-6-2-4-8-13(11)12/h4-15H,3H2,1-2H3;4-11H,3H2,1-2H3;2*1-8H,9H2.